The van der Waals surface area contributed by atoms with Gasteiger partial charge in [0.05, 0.1) is 0 Å². The van der Waals surface area contributed by atoms with Crippen LogP contribution in [0, 0.1) is 6.92 Å². The number of carbonyl (C=O) groups excluding carboxylic acids is 3. The molecule has 1 aliphatic heterocycles. The Hall–Kier alpha value is -1.89. The van der Waals surface area contributed by atoms with Gasteiger partial charge in [-0.15, -0.1) is 0 Å². The highest BCUT2D eigenvalue weighted by molar-refractivity contribution is 9.10. The minimum atomic E-state index is -0.713. The van der Waals surface area contributed by atoms with Crippen molar-refractivity contribution < 1.29 is 14.4 Å². The lowest BCUT2D eigenvalue weighted by atomic mass is 9.98. The van der Waals surface area contributed by atoms with Gasteiger partial charge in [0.15, 0.2) is 0 Å². The summed E-state index contributed by atoms with van der Waals surface area (Å²) < 4.78 is 0.985. The van der Waals surface area contributed by atoms with Crippen molar-refractivity contribution in [1.82, 2.24) is 10.2 Å². The molecular weight excluding hydrogens is 386 g/mol. The number of benzene rings is 1. The van der Waals surface area contributed by atoms with Crippen molar-refractivity contribution in [2.24, 2.45) is 0 Å². The van der Waals surface area contributed by atoms with Crippen LogP contribution >= 0.6 is 15.9 Å². The maximum Gasteiger partial charge on any atom is 0.325 e. The predicted octanol–water partition coefficient (Wildman–Crippen LogP) is 2.98. The zero-order chi connectivity index (χ0) is 18.2. The van der Waals surface area contributed by atoms with Gasteiger partial charge in [-0.25, -0.2) is 4.79 Å². The summed E-state index contributed by atoms with van der Waals surface area (Å²) in [6.45, 7) is 2.07. The fourth-order valence-corrected chi connectivity index (χ4v) is 3.80. The Balaban J connectivity index is 1.63. The van der Waals surface area contributed by atoms with Gasteiger partial charge in [0.2, 0.25) is 5.91 Å². The van der Waals surface area contributed by atoms with Crippen molar-refractivity contribution >= 4 is 39.5 Å². The van der Waals surface area contributed by atoms with E-state index in [0.717, 1.165) is 28.6 Å². The van der Waals surface area contributed by atoms with Gasteiger partial charge in [-0.05, 0) is 43.5 Å². The Morgan fingerprint density at radius 3 is 2.64 bits per heavy atom. The Bertz CT molecular complexity index is 728. The maximum atomic E-state index is 12.6. The summed E-state index contributed by atoms with van der Waals surface area (Å²) in [7, 11) is 1.70. The predicted molar refractivity (Wildman–Crippen MR) is 98.3 cm³/mol. The molecule has 7 heteroatoms. The van der Waals surface area contributed by atoms with Crippen LogP contribution in [0.5, 0.6) is 0 Å². The summed E-state index contributed by atoms with van der Waals surface area (Å²) >= 11 is 3.44. The minimum absolute atomic E-state index is 0.112. The fraction of sp³-hybridized carbons (Fsp3) is 0.500. The quantitative estimate of drug-likeness (QED) is 0.779. The molecule has 2 fully saturated rings. The van der Waals surface area contributed by atoms with Gasteiger partial charge < -0.3 is 10.2 Å². The molecule has 3 rings (SSSR count). The number of imide groups is 1. The molecule has 25 heavy (non-hydrogen) atoms. The third-order valence-electron chi connectivity index (χ3n) is 5.16. The van der Waals surface area contributed by atoms with Crippen LogP contribution in [-0.2, 0) is 9.59 Å². The molecule has 1 aromatic rings. The largest absolute Gasteiger partial charge is 0.325 e. The molecule has 0 unspecified atom stereocenters. The zero-order valence-corrected chi connectivity index (χ0v) is 16.1. The number of urea groups is 1. The van der Waals surface area contributed by atoms with E-state index < -0.39 is 5.54 Å². The van der Waals surface area contributed by atoms with Gasteiger partial charge in [-0.2, -0.15) is 0 Å². The number of hydrogen-bond donors (Lipinski definition) is 1. The van der Waals surface area contributed by atoms with Crippen LogP contribution in [0.15, 0.2) is 22.7 Å². The van der Waals surface area contributed by atoms with Crippen LogP contribution in [0.3, 0.4) is 0 Å². The first-order valence-corrected chi connectivity index (χ1v) is 9.30. The van der Waals surface area contributed by atoms with E-state index in [4.69, 9.17) is 0 Å². The van der Waals surface area contributed by atoms with Gasteiger partial charge in [0.25, 0.3) is 5.91 Å². The smallest absolute Gasteiger partial charge is 0.323 e. The molecule has 6 nitrogen and oxygen atoms in total. The molecule has 2 aliphatic rings. The van der Waals surface area contributed by atoms with E-state index >= 15 is 0 Å². The Morgan fingerprint density at radius 1 is 1.32 bits per heavy atom. The van der Waals surface area contributed by atoms with Crippen molar-refractivity contribution in [3.8, 4) is 0 Å². The first-order valence-electron chi connectivity index (χ1n) is 8.51. The van der Waals surface area contributed by atoms with Crippen molar-refractivity contribution in [3.63, 3.8) is 0 Å². The molecule has 0 aromatic heterocycles. The summed E-state index contributed by atoms with van der Waals surface area (Å²) in [4.78, 5) is 40.0. The molecule has 0 radical (unpaired) electrons. The molecule has 1 aliphatic carbocycles. The number of amides is 4. The Morgan fingerprint density at radius 2 is 2.00 bits per heavy atom. The number of halogens is 1. The van der Waals surface area contributed by atoms with Crippen LogP contribution in [0.25, 0.3) is 0 Å². The van der Waals surface area contributed by atoms with Crippen LogP contribution in [0.2, 0.25) is 0 Å². The monoisotopic (exact) mass is 407 g/mol. The van der Waals surface area contributed by atoms with Crippen LogP contribution in [-0.4, -0.2) is 41.9 Å². The molecule has 1 saturated heterocycles. The van der Waals surface area contributed by atoms with Crippen LogP contribution in [0.4, 0.5) is 10.5 Å². The maximum absolute atomic E-state index is 12.6. The molecule has 1 aromatic carbocycles. The number of nitrogens with zero attached hydrogens (tertiary/aromatic N) is 2. The first-order chi connectivity index (χ1) is 11.8. The molecule has 1 saturated carbocycles. The van der Waals surface area contributed by atoms with Crippen molar-refractivity contribution in [3.05, 3.63) is 28.2 Å². The second-order valence-corrected chi connectivity index (χ2v) is 7.67. The van der Waals surface area contributed by atoms with E-state index in [1.165, 1.54) is 4.90 Å². The summed E-state index contributed by atoms with van der Waals surface area (Å²) in [6, 6.07) is 5.30. The van der Waals surface area contributed by atoms with Gasteiger partial charge >= 0.3 is 6.03 Å². The third-order valence-corrected chi connectivity index (χ3v) is 6.04. The molecular formula is C18H22BrN3O3. The number of aryl methyl sites for hydroxylation is 1. The summed E-state index contributed by atoms with van der Waals surface area (Å²) in [5.41, 5.74) is 1.11. The molecule has 1 spiro atoms. The Kier molecular flexibility index (Phi) is 4.86. The fourth-order valence-electron chi connectivity index (χ4n) is 3.55. The molecule has 4 amide bonds. The molecule has 1 heterocycles. The van der Waals surface area contributed by atoms with Gasteiger partial charge in [-0.1, -0.05) is 28.8 Å². The van der Waals surface area contributed by atoms with E-state index in [1.54, 1.807) is 11.9 Å². The normalized spacial score (nSPS) is 18.8. The number of carbonyl (C=O) groups is 3. The van der Waals surface area contributed by atoms with Crippen molar-refractivity contribution in [2.45, 2.75) is 44.6 Å². The molecule has 1 N–H and O–H groups in total. The van der Waals surface area contributed by atoms with Crippen LogP contribution < -0.4 is 10.2 Å². The second kappa shape index (κ2) is 6.78. The lowest BCUT2D eigenvalue weighted by Crippen LogP contribution is -2.44. The highest BCUT2D eigenvalue weighted by atomic mass is 79.9. The number of nitrogens with one attached hydrogen (secondary N) is 1. The first kappa shape index (κ1) is 17.9. The van der Waals surface area contributed by atoms with E-state index in [-0.39, 0.29) is 30.8 Å². The average molecular weight is 408 g/mol. The van der Waals surface area contributed by atoms with E-state index in [9.17, 15) is 14.4 Å². The summed E-state index contributed by atoms with van der Waals surface area (Å²) in [5, 5.41) is 2.83. The highest BCUT2D eigenvalue weighted by Crippen LogP contribution is 2.35. The molecule has 0 atom stereocenters. The zero-order valence-electron chi connectivity index (χ0n) is 14.5. The van der Waals surface area contributed by atoms with E-state index in [0.29, 0.717) is 12.8 Å². The second-order valence-electron chi connectivity index (χ2n) is 6.81. The number of anilines is 1. The van der Waals surface area contributed by atoms with Gasteiger partial charge in [-0.3, -0.25) is 14.5 Å². The lowest BCUT2D eigenvalue weighted by molar-refractivity contribution is -0.131. The standard InChI is InChI=1S/C18H22BrN3O3/c1-12-11-13(5-6-14(12)19)21(2)15(23)7-10-22-16(24)18(20-17(22)25)8-3-4-9-18/h5-6,11H,3-4,7-10H2,1-2H3,(H,20,25). The highest BCUT2D eigenvalue weighted by Gasteiger charge is 2.52. The van der Waals surface area contributed by atoms with E-state index in [2.05, 4.69) is 21.2 Å². The topological polar surface area (TPSA) is 69.7 Å². The third kappa shape index (κ3) is 3.29. The van der Waals surface area contributed by atoms with E-state index in [1.807, 2.05) is 25.1 Å². The minimum Gasteiger partial charge on any atom is -0.323 e. The average Bonchev–Trinajstić information content (AvgIpc) is 3.14. The molecule has 134 valence electrons. The summed E-state index contributed by atoms with van der Waals surface area (Å²) in [6.07, 6.45) is 3.40. The lowest BCUT2D eigenvalue weighted by Gasteiger charge is -2.21. The SMILES string of the molecule is Cc1cc(N(C)C(=O)CCN2C(=O)NC3(CCCC3)C2=O)ccc1Br. The molecule has 0 bridgehead atoms. The van der Waals surface area contributed by atoms with Crippen molar-refractivity contribution in [1.29, 1.82) is 0 Å². The van der Waals surface area contributed by atoms with Crippen molar-refractivity contribution in [2.75, 3.05) is 18.5 Å². The van der Waals surface area contributed by atoms with Gasteiger partial charge in [0.1, 0.15) is 5.54 Å². The van der Waals surface area contributed by atoms with Gasteiger partial charge in [0, 0.05) is 30.2 Å². The Labute approximate surface area is 155 Å². The number of hydrogen-bond acceptors (Lipinski definition) is 3. The number of rotatable bonds is 4. The van der Waals surface area contributed by atoms with Crippen LogP contribution in [0.1, 0.15) is 37.7 Å². The summed E-state index contributed by atoms with van der Waals surface area (Å²) in [5.74, 6) is -0.306.